The zero-order chi connectivity index (χ0) is 29.6. The number of fused-ring (bicyclic) bond motifs is 1. The lowest BCUT2D eigenvalue weighted by Crippen LogP contribution is -2.48. The van der Waals surface area contributed by atoms with Gasteiger partial charge < -0.3 is 10.1 Å². The number of anilines is 1. The summed E-state index contributed by atoms with van der Waals surface area (Å²) >= 11 is 14.4. The molecule has 1 unspecified atom stereocenters. The molecule has 42 heavy (non-hydrogen) atoms. The third-order valence-electron chi connectivity index (χ3n) is 6.77. The fourth-order valence-corrected chi connectivity index (χ4v) is 6.34. The number of hydrogen-bond acceptors (Lipinski definition) is 5. The standard InChI is InChI=1S/C33H29Cl2N3O3S/c1-22-14-16-23(17-15-22)18-19-30(39)36-20-31(40)37(2)38-32-28(41-21-25-26(34)10-6-11-27(25)35)12-7-13-29(32)42-33(38)24-8-4-3-5-9-24/h3-19,33H,20-21H2,1-2H3,(H,36,39). The van der Waals surface area contributed by atoms with Crippen LogP contribution in [0.4, 0.5) is 5.69 Å². The lowest BCUT2D eigenvalue weighted by molar-refractivity contribution is -0.131. The van der Waals surface area contributed by atoms with Gasteiger partial charge in [0.2, 0.25) is 5.91 Å². The van der Waals surface area contributed by atoms with Gasteiger partial charge in [0.25, 0.3) is 5.91 Å². The number of thioether (sulfide) groups is 1. The summed E-state index contributed by atoms with van der Waals surface area (Å²) in [5, 5.41) is 6.96. The predicted octanol–water partition coefficient (Wildman–Crippen LogP) is 7.69. The molecule has 1 N–H and O–H groups in total. The van der Waals surface area contributed by atoms with E-state index in [0.717, 1.165) is 27.3 Å². The number of rotatable bonds is 9. The van der Waals surface area contributed by atoms with Crippen molar-refractivity contribution in [3.8, 4) is 5.75 Å². The molecule has 4 aromatic rings. The van der Waals surface area contributed by atoms with Gasteiger partial charge in [-0.25, -0.2) is 0 Å². The number of hydrogen-bond donors (Lipinski definition) is 1. The minimum absolute atomic E-state index is 0.157. The molecule has 2 amide bonds. The second-order valence-electron chi connectivity index (χ2n) is 9.70. The second kappa shape index (κ2) is 13.4. The van der Waals surface area contributed by atoms with Gasteiger partial charge in [-0.1, -0.05) is 107 Å². The first kappa shape index (κ1) is 29.6. The van der Waals surface area contributed by atoms with Crippen LogP contribution in [0.1, 0.15) is 27.6 Å². The molecular weight excluding hydrogens is 589 g/mol. The molecule has 0 bridgehead atoms. The number of halogens is 2. The summed E-state index contributed by atoms with van der Waals surface area (Å²) in [6, 6.07) is 28.9. The Morgan fingerprint density at radius 2 is 1.64 bits per heavy atom. The molecule has 4 aromatic carbocycles. The fourth-order valence-electron chi connectivity index (χ4n) is 4.49. The molecule has 0 radical (unpaired) electrons. The number of hydrazine groups is 1. The molecule has 6 nitrogen and oxygen atoms in total. The maximum Gasteiger partial charge on any atom is 0.260 e. The van der Waals surface area contributed by atoms with E-state index in [-0.39, 0.29) is 30.3 Å². The highest BCUT2D eigenvalue weighted by Crippen LogP contribution is 2.55. The third kappa shape index (κ3) is 6.76. The van der Waals surface area contributed by atoms with Gasteiger partial charge in [-0.3, -0.25) is 19.6 Å². The largest absolute Gasteiger partial charge is 0.487 e. The summed E-state index contributed by atoms with van der Waals surface area (Å²) in [5.41, 5.74) is 4.49. The van der Waals surface area contributed by atoms with Crippen molar-refractivity contribution in [1.82, 2.24) is 10.3 Å². The number of carbonyl (C=O) groups excluding carboxylic acids is 2. The highest BCUT2D eigenvalue weighted by Gasteiger charge is 2.38. The molecule has 1 heterocycles. The zero-order valence-electron chi connectivity index (χ0n) is 23.1. The van der Waals surface area contributed by atoms with Crippen LogP contribution in [0.3, 0.4) is 0 Å². The summed E-state index contributed by atoms with van der Waals surface area (Å²) in [6.45, 7) is 1.99. The highest BCUT2D eigenvalue weighted by molar-refractivity contribution is 8.00. The van der Waals surface area contributed by atoms with E-state index in [4.69, 9.17) is 27.9 Å². The Balaban J connectivity index is 1.36. The van der Waals surface area contributed by atoms with Crippen LogP contribution < -0.4 is 15.1 Å². The van der Waals surface area contributed by atoms with Crippen molar-refractivity contribution >= 4 is 58.5 Å². The van der Waals surface area contributed by atoms with Gasteiger partial charge >= 0.3 is 0 Å². The average Bonchev–Trinajstić information content (AvgIpc) is 3.40. The van der Waals surface area contributed by atoms with E-state index < -0.39 is 0 Å². The SMILES string of the molecule is Cc1ccc(C=CC(=O)NCC(=O)N(C)N2c3c(OCc4c(Cl)cccc4Cl)cccc3SC2c2ccccc2)cc1. The minimum atomic E-state index is -0.353. The van der Waals surface area contributed by atoms with Crippen LogP contribution in [-0.4, -0.2) is 30.4 Å². The van der Waals surface area contributed by atoms with Crippen LogP contribution in [0.15, 0.2) is 102 Å². The molecule has 0 spiro atoms. The monoisotopic (exact) mass is 617 g/mol. The van der Waals surface area contributed by atoms with Crippen molar-refractivity contribution < 1.29 is 14.3 Å². The van der Waals surface area contributed by atoms with Crippen molar-refractivity contribution in [1.29, 1.82) is 0 Å². The number of benzene rings is 4. The smallest absolute Gasteiger partial charge is 0.260 e. The molecular formula is C33H29Cl2N3O3S. The maximum atomic E-state index is 13.5. The molecule has 214 valence electrons. The number of aryl methyl sites for hydroxylation is 1. The first-order chi connectivity index (χ1) is 20.3. The highest BCUT2D eigenvalue weighted by atomic mass is 35.5. The molecule has 5 rings (SSSR count). The van der Waals surface area contributed by atoms with E-state index in [1.165, 1.54) is 11.1 Å². The lowest BCUT2D eigenvalue weighted by Gasteiger charge is -2.35. The molecule has 1 aliphatic rings. The lowest BCUT2D eigenvalue weighted by atomic mass is 10.1. The summed E-state index contributed by atoms with van der Waals surface area (Å²) < 4.78 is 6.28. The fraction of sp³-hybridized carbons (Fsp3) is 0.152. The summed E-state index contributed by atoms with van der Waals surface area (Å²) in [5.74, 6) is -0.0571. The van der Waals surface area contributed by atoms with E-state index >= 15 is 0 Å². The Morgan fingerprint density at radius 1 is 0.952 bits per heavy atom. The van der Waals surface area contributed by atoms with E-state index in [1.54, 1.807) is 43.1 Å². The number of carbonyl (C=O) groups is 2. The van der Waals surface area contributed by atoms with Gasteiger partial charge in [0.05, 0.1) is 6.54 Å². The zero-order valence-corrected chi connectivity index (χ0v) is 25.4. The first-order valence-corrected chi connectivity index (χ1v) is 14.9. The molecule has 9 heteroatoms. The van der Waals surface area contributed by atoms with Gasteiger partial charge in [-0.05, 0) is 48.4 Å². The minimum Gasteiger partial charge on any atom is -0.487 e. The Labute approximate surface area is 259 Å². The molecule has 0 aromatic heterocycles. The molecule has 0 fully saturated rings. The summed E-state index contributed by atoms with van der Waals surface area (Å²) in [6.07, 6.45) is 3.15. The Hall–Kier alpha value is -3.91. The van der Waals surface area contributed by atoms with Crippen LogP contribution >= 0.6 is 35.0 Å². The third-order valence-corrected chi connectivity index (χ3v) is 8.76. The molecule has 1 aliphatic heterocycles. The summed E-state index contributed by atoms with van der Waals surface area (Å²) in [4.78, 5) is 26.9. The Morgan fingerprint density at radius 3 is 2.36 bits per heavy atom. The number of nitrogens with one attached hydrogen (secondary N) is 1. The molecule has 0 saturated heterocycles. The van der Waals surface area contributed by atoms with Gasteiger partial charge in [0, 0.05) is 33.6 Å². The topological polar surface area (TPSA) is 61.9 Å². The van der Waals surface area contributed by atoms with E-state index in [1.807, 2.05) is 84.7 Å². The van der Waals surface area contributed by atoms with E-state index in [9.17, 15) is 9.59 Å². The molecule has 1 atom stereocenters. The van der Waals surface area contributed by atoms with Crippen molar-refractivity contribution in [2.45, 2.75) is 23.8 Å². The molecule has 0 saturated carbocycles. The second-order valence-corrected chi connectivity index (χ2v) is 11.6. The first-order valence-electron chi connectivity index (χ1n) is 13.3. The van der Waals surface area contributed by atoms with Crippen LogP contribution in [0, 0.1) is 6.92 Å². The Bertz CT molecular complexity index is 1590. The molecule has 0 aliphatic carbocycles. The van der Waals surface area contributed by atoms with Gasteiger partial charge in [0.1, 0.15) is 23.4 Å². The number of likely N-dealkylation sites (N-methyl/N-ethyl adjacent to an activating group) is 1. The van der Waals surface area contributed by atoms with Crippen LogP contribution in [-0.2, 0) is 16.2 Å². The number of nitrogens with zero attached hydrogens (tertiary/aromatic N) is 2. The number of para-hydroxylation sites is 1. The quantitative estimate of drug-likeness (QED) is 0.195. The van der Waals surface area contributed by atoms with E-state index in [0.29, 0.717) is 21.4 Å². The Kier molecular flexibility index (Phi) is 9.42. The van der Waals surface area contributed by atoms with Gasteiger partial charge in [-0.15, -0.1) is 0 Å². The average molecular weight is 619 g/mol. The normalized spacial score (nSPS) is 14.1. The number of ether oxygens (including phenoxy) is 1. The number of amides is 2. The van der Waals surface area contributed by atoms with Crippen molar-refractivity contribution in [3.05, 3.63) is 129 Å². The maximum absolute atomic E-state index is 13.5. The van der Waals surface area contributed by atoms with Crippen LogP contribution in [0.2, 0.25) is 10.0 Å². The van der Waals surface area contributed by atoms with Crippen molar-refractivity contribution in [2.24, 2.45) is 0 Å². The van der Waals surface area contributed by atoms with Crippen molar-refractivity contribution in [2.75, 3.05) is 18.6 Å². The van der Waals surface area contributed by atoms with Gasteiger partial charge in [0.15, 0.2) is 0 Å². The van der Waals surface area contributed by atoms with Crippen LogP contribution in [0.5, 0.6) is 5.75 Å². The predicted molar refractivity (Wildman–Crippen MR) is 171 cm³/mol. The van der Waals surface area contributed by atoms with Crippen molar-refractivity contribution in [3.63, 3.8) is 0 Å². The van der Waals surface area contributed by atoms with E-state index in [2.05, 4.69) is 5.32 Å². The van der Waals surface area contributed by atoms with Gasteiger partial charge in [-0.2, -0.15) is 0 Å². The van der Waals surface area contributed by atoms with Crippen LogP contribution in [0.25, 0.3) is 6.08 Å². The summed E-state index contributed by atoms with van der Waals surface area (Å²) in [7, 11) is 1.70.